The SMILES string of the molecule is CCc1ccc(S(=O)(=O)N(C)C(C)c2cc3ccccc3o2)cc1CC. The average molecular weight is 372 g/mol. The van der Waals surface area contributed by atoms with Crippen LogP contribution in [0.3, 0.4) is 0 Å². The molecule has 0 fully saturated rings. The number of fused-ring (bicyclic) bond motifs is 1. The second kappa shape index (κ2) is 7.25. The fourth-order valence-corrected chi connectivity index (χ4v) is 4.58. The van der Waals surface area contributed by atoms with E-state index in [0.717, 1.165) is 29.4 Å². The van der Waals surface area contributed by atoms with Crippen molar-refractivity contribution in [2.75, 3.05) is 7.05 Å². The molecule has 4 nitrogen and oxygen atoms in total. The van der Waals surface area contributed by atoms with E-state index in [4.69, 9.17) is 4.42 Å². The van der Waals surface area contributed by atoms with Crippen LogP contribution in [-0.2, 0) is 22.9 Å². The molecule has 0 spiro atoms. The van der Waals surface area contributed by atoms with Crippen molar-refractivity contribution in [1.82, 2.24) is 4.31 Å². The van der Waals surface area contributed by atoms with Crippen molar-refractivity contribution < 1.29 is 12.8 Å². The molecule has 0 bridgehead atoms. The van der Waals surface area contributed by atoms with Crippen LogP contribution in [0.2, 0.25) is 0 Å². The highest BCUT2D eigenvalue weighted by atomic mass is 32.2. The predicted molar refractivity (Wildman–Crippen MR) is 105 cm³/mol. The summed E-state index contributed by atoms with van der Waals surface area (Å²) < 4.78 is 33.5. The predicted octanol–water partition coefficient (Wildman–Crippen LogP) is 4.94. The number of nitrogens with zero attached hydrogens (tertiary/aromatic N) is 1. The Balaban J connectivity index is 1.95. The first-order valence-corrected chi connectivity index (χ1v) is 10.4. The van der Waals surface area contributed by atoms with Gasteiger partial charge in [-0.1, -0.05) is 38.1 Å². The van der Waals surface area contributed by atoms with Crippen LogP contribution in [0.1, 0.15) is 43.7 Å². The molecule has 138 valence electrons. The van der Waals surface area contributed by atoms with Gasteiger partial charge in [-0.3, -0.25) is 0 Å². The largest absolute Gasteiger partial charge is 0.459 e. The summed E-state index contributed by atoms with van der Waals surface area (Å²) in [5.74, 6) is 0.637. The molecule has 1 heterocycles. The van der Waals surface area contributed by atoms with E-state index in [9.17, 15) is 8.42 Å². The molecule has 1 aromatic heterocycles. The second-order valence-corrected chi connectivity index (χ2v) is 8.52. The maximum Gasteiger partial charge on any atom is 0.243 e. The topological polar surface area (TPSA) is 50.5 Å². The van der Waals surface area contributed by atoms with Crippen LogP contribution in [0.15, 0.2) is 57.8 Å². The Morgan fingerprint density at radius 3 is 2.35 bits per heavy atom. The minimum Gasteiger partial charge on any atom is -0.459 e. The van der Waals surface area contributed by atoms with Gasteiger partial charge in [0.1, 0.15) is 11.3 Å². The van der Waals surface area contributed by atoms with E-state index in [1.165, 1.54) is 9.87 Å². The number of sulfonamides is 1. The summed E-state index contributed by atoms with van der Waals surface area (Å²) in [7, 11) is -2.00. The van der Waals surface area contributed by atoms with Crippen LogP contribution in [0.5, 0.6) is 0 Å². The lowest BCUT2D eigenvalue weighted by atomic mass is 10.0. The van der Waals surface area contributed by atoms with Gasteiger partial charge in [0.15, 0.2) is 0 Å². The zero-order valence-electron chi connectivity index (χ0n) is 15.7. The quantitative estimate of drug-likeness (QED) is 0.617. The Morgan fingerprint density at radius 2 is 1.69 bits per heavy atom. The molecular weight excluding hydrogens is 346 g/mol. The molecule has 3 rings (SSSR count). The van der Waals surface area contributed by atoms with Crippen molar-refractivity contribution in [2.45, 2.75) is 44.6 Å². The van der Waals surface area contributed by atoms with Gasteiger partial charge in [-0.15, -0.1) is 0 Å². The van der Waals surface area contributed by atoms with Crippen LogP contribution in [0.25, 0.3) is 11.0 Å². The molecule has 0 aliphatic rings. The van der Waals surface area contributed by atoms with Gasteiger partial charge in [0.2, 0.25) is 10.0 Å². The molecule has 0 radical (unpaired) electrons. The molecule has 1 unspecified atom stereocenters. The molecule has 1 atom stereocenters. The molecule has 0 N–H and O–H groups in total. The van der Waals surface area contributed by atoms with E-state index in [0.29, 0.717) is 10.7 Å². The molecule has 0 aliphatic carbocycles. The first kappa shape index (κ1) is 18.7. The maximum absolute atomic E-state index is 13.1. The summed E-state index contributed by atoms with van der Waals surface area (Å²) >= 11 is 0. The average Bonchev–Trinajstić information content (AvgIpc) is 3.10. The van der Waals surface area contributed by atoms with Crippen molar-refractivity contribution in [2.24, 2.45) is 0 Å². The minimum atomic E-state index is -3.61. The van der Waals surface area contributed by atoms with Gasteiger partial charge in [0, 0.05) is 12.4 Å². The van der Waals surface area contributed by atoms with E-state index < -0.39 is 16.1 Å². The van der Waals surface area contributed by atoms with Gasteiger partial charge in [0.25, 0.3) is 0 Å². The summed E-state index contributed by atoms with van der Waals surface area (Å²) in [5.41, 5.74) is 3.04. The summed E-state index contributed by atoms with van der Waals surface area (Å²) in [6.45, 7) is 5.97. The molecule has 0 saturated carbocycles. The van der Waals surface area contributed by atoms with Crippen LogP contribution in [0, 0.1) is 0 Å². The first-order chi connectivity index (χ1) is 12.4. The standard InChI is InChI=1S/C21H25NO3S/c1-5-16-11-12-19(13-17(16)6-2)26(23,24)22(4)15(3)21-14-18-9-7-8-10-20(18)25-21/h7-15H,5-6H2,1-4H3. The van der Waals surface area contributed by atoms with Crippen molar-refractivity contribution in [3.05, 3.63) is 65.4 Å². The molecule has 5 heteroatoms. The molecule has 0 aliphatic heterocycles. The van der Waals surface area contributed by atoms with Crippen molar-refractivity contribution >= 4 is 21.0 Å². The van der Waals surface area contributed by atoms with E-state index in [1.807, 2.05) is 50.2 Å². The van der Waals surface area contributed by atoms with Gasteiger partial charge in [-0.05, 0) is 55.2 Å². The lowest BCUT2D eigenvalue weighted by Crippen LogP contribution is -2.29. The Labute approximate surface area is 155 Å². The summed E-state index contributed by atoms with van der Waals surface area (Å²) in [6.07, 6.45) is 1.71. The highest BCUT2D eigenvalue weighted by Gasteiger charge is 2.28. The van der Waals surface area contributed by atoms with Crippen molar-refractivity contribution in [3.63, 3.8) is 0 Å². The number of aryl methyl sites for hydroxylation is 2. The van der Waals surface area contributed by atoms with E-state index in [-0.39, 0.29) is 0 Å². The van der Waals surface area contributed by atoms with E-state index in [2.05, 4.69) is 6.92 Å². The number of furan rings is 1. The fraction of sp³-hybridized carbons (Fsp3) is 0.333. The molecule has 2 aromatic carbocycles. The third-order valence-corrected chi connectivity index (χ3v) is 6.94. The van der Waals surface area contributed by atoms with Gasteiger partial charge in [-0.25, -0.2) is 8.42 Å². The fourth-order valence-electron chi connectivity index (χ4n) is 3.20. The van der Waals surface area contributed by atoms with Crippen molar-refractivity contribution in [3.8, 4) is 0 Å². The van der Waals surface area contributed by atoms with Crippen LogP contribution in [-0.4, -0.2) is 19.8 Å². The lowest BCUT2D eigenvalue weighted by molar-refractivity contribution is 0.348. The third kappa shape index (κ3) is 3.29. The molecule has 26 heavy (non-hydrogen) atoms. The zero-order chi connectivity index (χ0) is 18.9. The van der Waals surface area contributed by atoms with Gasteiger partial charge >= 0.3 is 0 Å². The molecule has 0 saturated heterocycles. The Morgan fingerprint density at radius 1 is 1.00 bits per heavy atom. The Hall–Kier alpha value is -2.11. The molecular formula is C21H25NO3S. The monoisotopic (exact) mass is 371 g/mol. The van der Waals surface area contributed by atoms with Gasteiger partial charge in [0.05, 0.1) is 10.9 Å². The summed E-state index contributed by atoms with van der Waals surface area (Å²) in [6, 6.07) is 14.6. The normalized spacial score (nSPS) is 13.4. The van der Waals surface area contributed by atoms with Crippen molar-refractivity contribution in [1.29, 1.82) is 0 Å². The number of para-hydroxylation sites is 1. The van der Waals surface area contributed by atoms with Crippen LogP contribution in [0.4, 0.5) is 0 Å². The van der Waals surface area contributed by atoms with Gasteiger partial charge < -0.3 is 4.42 Å². The molecule has 0 amide bonds. The highest BCUT2D eigenvalue weighted by molar-refractivity contribution is 7.89. The van der Waals surface area contributed by atoms with Gasteiger partial charge in [-0.2, -0.15) is 4.31 Å². The van der Waals surface area contributed by atoms with Crippen LogP contribution >= 0.6 is 0 Å². The number of hydrogen-bond acceptors (Lipinski definition) is 3. The summed E-state index contributed by atoms with van der Waals surface area (Å²) in [4.78, 5) is 0.331. The smallest absolute Gasteiger partial charge is 0.243 e. The van der Waals surface area contributed by atoms with E-state index in [1.54, 1.807) is 19.2 Å². The zero-order valence-corrected chi connectivity index (χ0v) is 16.5. The third-order valence-electron chi connectivity index (χ3n) is 5.02. The Kier molecular flexibility index (Phi) is 5.21. The number of rotatable bonds is 6. The maximum atomic E-state index is 13.1. The summed E-state index contributed by atoms with van der Waals surface area (Å²) in [5, 5.41) is 0.973. The molecule has 3 aromatic rings. The first-order valence-electron chi connectivity index (χ1n) is 8.96. The number of benzene rings is 2. The Bertz CT molecular complexity index is 988. The van der Waals surface area contributed by atoms with E-state index >= 15 is 0 Å². The van der Waals surface area contributed by atoms with Crippen LogP contribution < -0.4 is 0 Å². The minimum absolute atomic E-state index is 0.331. The lowest BCUT2D eigenvalue weighted by Gasteiger charge is -2.23. The number of hydrogen-bond donors (Lipinski definition) is 0. The highest BCUT2D eigenvalue weighted by Crippen LogP contribution is 2.30. The second-order valence-electron chi connectivity index (χ2n) is 6.52.